The van der Waals surface area contributed by atoms with Gasteiger partial charge in [-0.1, -0.05) is 6.07 Å². The Balaban J connectivity index is 1.81. The fourth-order valence-electron chi connectivity index (χ4n) is 1.75. The van der Waals surface area contributed by atoms with Crippen molar-refractivity contribution in [2.24, 2.45) is 0 Å². The molecule has 0 aliphatic rings. The van der Waals surface area contributed by atoms with E-state index < -0.39 is 5.97 Å². The highest BCUT2D eigenvalue weighted by Crippen LogP contribution is 2.13. The number of aromatic nitrogens is 1. The Morgan fingerprint density at radius 1 is 1.20 bits per heavy atom. The Kier molecular flexibility index (Phi) is 4.55. The summed E-state index contributed by atoms with van der Waals surface area (Å²) >= 11 is 0. The van der Waals surface area contributed by atoms with Gasteiger partial charge in [0.05, 0.1) is 12.2 Å². The molecular formula is C15H15NO4. The lowest BCUT2D eigenvalue weighted by Gasteiger charge is -2.08. The first-order valence-corrected chi connectivity index (χ1v) is 6.27. The summed E-state index contributed by atoms with van der Waals surface area (Å²) in [7, 11) is 0. The van der Waals surface area contributed by atoms with Gasteiger partial charge in [0, 0.05) is 31.1 Å². The molecule has 0 saturated heterocycles. The lowest BCUT2D eigenvalue weighted by molar-refractivity contribution is 0.0696. The van der Waals surface area contributed by atoms with Crippen LogP contribution in [0.1, 0.15) is 16.8 Å². The fourth-order valence-corrected chi connectivity index (χ4v) is 1.75. The van der Waals surface area contributed by atoms with Gasteiger partial charge in [-0.05, 0) is 24.6 Å². The summed E-state index contributed by atoms with van der Waals surface area (Å²) in [5, 5.41) is 8.87. The first kappa shape index (κ1) is 13.9. The molecule has 2 rings (SSSR count). The van der Waals surface area contributed by atoms with E-state index in [1.54, 1.807) is 24.5 Å². The number of aryl methyl sites for hydroxylation is 1. The molecule has 0 atom stereocenters. The van der Waals surface area contributed by atoms with Gasteiger partial charge < -0.3 is 14.4 Å². The van der Waals surface area contributed by atoms with Crippen LogP contribution < -0.4 is 10.2 Å². The molecule has 0 bridgehead atoms. The van der Waals surface area contributed by atoms with Gasteiger partial charge in [-0.15, -0.1) is 0 Å². The van der Waals surface area contributed by atoms with Crippen LogP contribution in [0.2, 0.25) is 0 Å². The van der Waals surface area contributed by atoms with Crippen molar-refractivity contribution in [3.05, 3.63) is 64.6 Å². The number of hydrogen-bond donors (Lipinski definition) is 1. The van der Waals surface area contributed by atoms with E-state index in [9.17, 15) is 9.59 Å². The zero-order valence-corrected chi connectivity index (χ0v) is 10.9. The molecule has 0 amide bonds. The largest absolute Gasteiger partial charge is 0.494 e. The molecule has 0 radical (unpaired) electrons. The third-order valence-electron chi connectivity index (χ3n) is 2.77. The van der Waals surface area contributed by atoms with Crippen molar-refractivity contribution < 1.29 is 14.6 Å². The van der Waals surface area contributed by atoms with Crippen LogP contribution in [-0.4, -0.2) is 22.2 Å². The van der Waals surface area contributed by atoms with Gasteiger partial charge in [0.2, 0.25) is 0 Å². The summed E-state index contributed by atoms with van der Waals surface area (Å²) in [6.07, 6.45) is 4.22. The Labute approximate surface area is 116 Å². The molecule has 1 heterocycles. The van der Waals surface area contributed by atoms with E-state index in [1.165, 1.54) is 24.3 Å². The minimum atomic E-state index is -0.969. The lowest BCUT2D eigenvalue weighted by Crippen LogP contribution is -2.07. The second-order valence-corrected chi connectivity index (χ2v) is 4.31. The van der Waals surface area contributed by atoms with Crippen molar-refractivity contribution in [3.63, 3.8) is 0 Å². The van der Waals surface area contributed by atoms with Gasteiger partial charge in [0.1, 0.15) is 5.75 Å². The number of carboxylic acid groups (broad SMARTS) is 1. The number of pyridine rings is 1. The number of rotatable bonds is 6. The minimum Gasteiger partial charge on any atom is -0.494 e. The maximum atomic E-state index is 10.9. The highest BCUT2D eigenvalue weighted by Gasteiger charge is 2.03. The zero-order chi connectivity index (χ0) is 14.4. The molecule has 1 N–H and O–H groups in total. The van der Waals surface area contributed by atoms with Crippen molar-refractivity contribution in [2.75, 3.05) is 6.61 Å². The topological polar surface area (TPSA) is 68.5 Å². The van der Waals surface area contributed by atoms with E-state index >= 15 is 0 Å². The molecule has 20 heavy (non-hydrogen) atoms. The van der Waals surface area contributed by atoms with Gasteiger partial charge in [-0.25, -0.2) is 4.79 Å². The first-order chi connectivity index (χ1) is 9.65. The predicted octanol–water partition coefficient (Wildman–Crippen LogP) is 2.02. The molecule has 0 aliphatic carbocycles. The Morgan fingerprint density at radius 3 is 2.65 bits per heavy atom. The van der Waals surface area contributed by atoms with Gasteiger partial charge in [0.25, 0.3) is 0 Å². The number of carbonyl (C=O) groups is 1. The average Bonchev–Trinajstić information content (AvgIpc) is 2.46. The zero-order valence-electron chi connectivity index (χ0n) is 10.9. The quantitative estimate of drug-likeness (QED) is 0.817. The smallest absolute Gasteiger partial charge is 0.335 e. The Bertz CT molecular complexity index is 628. The van der Waals surface area contributed by atoms with Crippen LogP contribution in [0.5, 0.6) is 5.75 Å². The first-order valence-electron chi connectivity index (χ1n) is 6.27. The number of ether oxygens (including phenoxy) is 1. The van der Waals surface area contributed by atoms with E-state index in [1.807, 2.05) is 4.57 Å². The summed E-state index contributed by atoms with van der Waals surface area (Å²) in [4.78, 5) is 21.7. The highest BCUT2D eigenvalue weighted by molar-refractivity contribution is 5.87. The van der Waals surface area contributed by atoms with E-state index in [4.69, 9.17) is 9.84 Å². The SMILES string of the molecule is O=C(O)c1cccc(OCCCn2ccc(=O)cc2)c1. The van der Waals surface area contributed by atoms with E-state index in [0.29, 0.717) is 12.4 Å². The van der Waals surface area contributed by atoms with Crippen LogP contribution in [0.15, 0.2) is 53.6 Å². The maximum Gasteiger partial charge on any atom is 0.335 e. The highest BCUT2D eigenvalue weighted by atomic mass is 16.5. The number of benzene rings is 1. The second kappa shape index (κ2) is 6.56. The molecule has 0 saturated carbocycles. The monoisotopic (exact) mass is 273 g/mol. The maximum absolute atomic E-state index is 10.9. The van der Waals surface area contributed by atoms with Gasteiger partial charge in [-0.2, -0.15) is 0 Å². The van der Waals surface area contributed by atoms with Crippen molar-refractivity contribution in [2.45, 2.75) is 13.0 Å². The van der Waals surface area contributed by atoms with Crippen LogP contribution in [0.25, 0.3) is 0 Å². The van der Waals surface area contributed by atoms with Crippen molar-refractivity contribution in [1.82, 2.24) is 4.57 Å². The Morgan fingerprint density at radius 2 is 1.95 bits per heavy atom. The van der Waals surface area contributed by atoms with E-state index in [0.717, 1.165) is 13.0 Å². The lowest BCUT2D eigenvalue weighted by atomic mass is 10.2. The molecule has 1 aromatic carbocycles. The Hall–Kier alpha value is -2.56. The molecule has 5 heteroatoms. The summed E-state index contributed by atoms with van der Waals surface area (Å²) in [6, 6.07) is 9.43. The van der Waals surface area contributed by atoms with Crippen molar-refractivity contribution >= 4 is 5.97 Å². The molecule has 0 unspecified atom stereocenters. The third-order valence-corrected chi connectivity index (χ3v) is 2.77. The van der Waals surface area contributed by atoms with Crippen LogP contribution >= 0.6 is 0 Å². The standard InChI is InChI=1S/C15H15NO4/c17-13-5-8-16(9-6-13)7-2-10-20-14-4-1-3-12(11-14)15(18)19/h1,3-6,8-9,11H,2,7,10H2,(H,18,19). The number of nitrogens with zero attached hydrogens (tertiary/aromatic N) is 1. The molecule has 1 aromatic heterocycles. The summed E-state index contributed by atoms with van der Waals surface area (Å²) in [5.41, 5.74) is 0.200. The van der Waals surface area contributed by atoms with E-state index in [2.05, 4.69) is 0 Å². The minimum absolute atomic E-state index is 0.0111. The molecule has 5 nitrogen and oxygen atoms in total. The van der Waals surface area contributed by atoms with Crippen molar-refractivity contribution in [3.8, 4) is 5.75 Å². The van der Waals surface area contributed by atoms with Crippen LogP contribution in [0, 0.1) is 0 Å². The fraction of sp³-hybridized carbons (Fsp3) is 0.200. The molecular weight excluding hydrogens is 258 g/mol. The summed E-state index contributed by atoms with van der Waals surface area (Å²) in [5.74, 6) is -0.423. The van der Waals surface area contributed by atoms with Crippen LogP contribution in [0.3, 0.4) is 0 Å². The summed E-state index contributed by atoms with van der Waals surface area (Å²) < 4.78 is 7.41. The normalized spacial score (nSPS) is 10.2. The summed E-state index contributed by atoms with van der Waals surface area (Å²) in [6.45, 7) is 1.22. The molecule has 0 aliphatic heterocycles. The third kappa shape index (κ3) is 3.98. The predicted molar refractivity (Wildman–Crippen MR) is 74.2 cm³/mol. The molecule has 104 valence electrons. The van der Waals surface area contributed by atoms with E-state index in [-0.39, 0.29) is 11.0 Å². The molecule has 0 spiro atoms. The number of aromatic carboxylic acids is 1. The molecule has 2 aromatic rings. The van der Waals surface area contributed by atoms with Crippen LogP contribution in [-0.2, 0) is 6.54 Å². The number of carboxylic acids is 1. The average molecular weight is 273 g/mol. The van der Waals surface area contributed by atoms with Gasteiger partial charge >= 0.3 is 5.97 Å². The van der Waals surface area contributed by atoms with Crippen molar-refractivity contribution in [1.29, 1.82) is 0 Å². The number of hydrogen-bond acceptors (Lipinski definition) is 3. The van der Waals surface area contributed by atoms with Crippen LogP contribution in [0.4, 0.5) is 0 Å². The van der Waals surface area contributed by atoms with Gasteiger partial charge in [0.15, 0.2) is 5.43 Å². The van der Waals surface area contributed by atoms with Gasteiger partial charge in [-0.3, -0.25) is 4.79 Å². The molecule has 0 fully saturated rings. The second-order valence-electron chi connectivity index (χ2n) is 4.31.